The molecule has 1 heterocycles. The molecule has 1 aliphatic heterocycles. The molecule has 3 atom stereocenters. The number of nitrogens with zero attached hydrogens (tertiary/aromatic N) is 1. The molecule has 1 aliphatic rings. The van der Waals surface area contributed by atoms with Crippen molar-refractivity contribution in [2.75, 3.05) is 7.05 Å². The normalized spacial score (nSPS) is 52.0. The van der Waals surface area contributed by atoms with Crippen LogP contribution in [0.25, 0.3) is 0 Å². The molecule has 0 radical (unpaired) electrons. The third-order valence-corrected chi connectivity index (χ3v) is 2.75. The van der Waals surface area contributed by atoms with Crippen LogP contribution in [0.2, 0.25) is 0 Å². The summed E-state index contributed by atoms with van der Waals surface area (Å²) in [4.78, 5) is 0. The van der Waals surface area contributed by atoms with Gasteiger partial charge >= 0.3 is 0 Å². The fourth-order valence-electron chi connectivity index (χ4n) is 1.43. The number of hydroxylamine groups is 3. The lowest BCUT2D eigenvalue weighted by molar-refractivity contribution is -0.892. The first-order valence-corrected chi connectivity index (χ1v) is 3.62. The van der Waals surface area contributed by atoms with Crippen LogP contribution in [-0.2, 0) is 0 Å². The van der Waals surface area contributed by atoms with E-state index in [-0.39, 0.29) is 4.65 Å². The van der Waals surface area contributed by atoms with Gasteiger partial charge in [0, 0.05) is 12.8 Å². The molecule has 9 heavy (non-hydrogen) atoms. The van der Waals surface area contributed by atoms with Gasteiger partial charge in [-0.1, -0.05) is 0 Å². The van der Waals surface area contributed by atoms with E-state index in [1.807, 2.05) is 13.8 Å². The molecule has 0 bridgehead atoms. The minimum Gasteiger partial charge on any atom is -0.633 e. The lowest BCUT2D eigenvalue weighted by atomic mass is 10.2. The van der Waals surface area contributed by atoms with Crippen LogP contribution in [0.3, 0.4) is 0 Å². The van der Waals surface area contributed by atoms with Crippen LogP contribution in [0, 0.1) is 5.21 Å². The van der Waals surface area contributed by atoms with Gasteiger partial charge in [0.15, 0.2) is 0 Å². The predicted molar refractivity (Wildman–Crippen MR) is 37.7 cm³/mol. The lowest BCUT2D eigenvalue weighted by Crippen LogP contribution is -2.45. The van der Waals surface area contributed by atoms with Crippen LogP contribution in [0.1, 0.15) is 26.7 Å². The van der Waals surface area contributed by atoms with E-state index in [0.29, 0.717) is 12.1 Å². The first-order chi connectivity index (χ1) is 4.05. The third kappa shape index (κ3) is 0.970. The third-order valence-electron chi connectivity index (χ3n) is 2.75. The minimum absolute atomic E-state index is 0.0278. The van der Waals surface area contributed by atoms with Gasteiger partial charge in [0.2, 0.25) is 0 Å². The Morgan fingerprint density at radius 3 is 1.67 bits per heavy atom. The van der Waals surface area contributed by atoms with Crippen molar-refractivity contribution in [1.82, 2.24) is 0 Å². The van der Waals surface area contributed by atoms with Crippen molar-refractivity contribution < 1.29 is 4.65 Å². The summed E-state index contributed by atoms with van der Waals surface area (Å²) in [6.45, 7) is 4.08. The Morgan fingerprint density at radius 2 is 1.56 bits per heavy atom. The predicted octanol–water partition coefficient (Wildman–Crippen LogP) is 1.50. The number of likely N-dealkylation sites (tertiary alicyclic amines) is 1. The van der Waals surface area contributed by atoms with Crippen LogP contribution in [0.15, 0.2) is 0 Å². The van der Waals surface area contributed by atoms with Gasteiger partial charge in [0.25, 0.3) is 0 Å². The molecule has 54 valence electrons. The maximum Gasteiger partial charge on any atom is 0.0861 e. The molecule has 0 aromatic heterocycles. The van der Waals surface area contributed by atoms with E-state index < -0.39 is 0 Å². The molecule has 0 aliphatic carbocycles. The van der Waals surface area contributed by atoms with Gasteiger partial charge in [-0.2, -0.15) is 0 Å². The molecule has 1 saturated heterocycles. The fraction of sp³-hybridized carbons (Fsp3) is 1.00. The van der Waals surface area contributed by atoms with E-state index in [0.717, 1.165) is 12.8 Å². The monoisotopic (exact) mass is 129 g/mol. The highest BCUT2D eigenvalue weighted by Gasteiger charge is 2.33. The van der Waals surface area contributed by atoms with Crippen LogP contribution < -0.4 is 0 Å². The molecule has 0 N–H and O–H groups in total. The molecule has 0 spiro atoms. The number of rotatable bonds is 0. The SMILES string of the molecule is C[C@@H]1CC[C@H](C)[N+]1(C)[O-]. The molecule has 0 amide bonds. The van der Waals surface area contributed by atoms with Gasteiger partial charge in [0.1, 0.15) is 0 Å². The van der Waals surface area contributed by atoms with E-state index in [1.165, 1.54) is 0 Å². The quantitative estimate of drug-likeness (QED) is 0.359. The second-order valence-corrected chi connectivity index (χ2v) is 3.33. The summed E-state index contributed by atoms with van der Waals surface area (Å²) in [5, 5.41) is 11.5. The summed E-state index contributed by atoms with van der Waals surface area (Å²) in [6.07, 6.45) is 2.20. The van der Waals surface area contributed by atoms with Gasteiger partial charge in [-0.3, -0.25) is 0 Å². The Balaban J connectivity index is 2.66. The van der Waals surface area contributed by atoms with Gasteiger partial charge in [-0.05, 0) is 13.8 Å². The molecule has 2 nitrogen and oxygen atoms in total. The second kappa shape index (κ2) is 1.96. The maximum absolute atomic E-state index is 11.5. The summed E-state index contributed by atoms with van der Waals surface area (Å²) < 4.78 is -0.0278. The topological polar surface area (TPSA) is 23.1 Å². The lowest BCUT2D eigenvalue weighted by Gasteiger charge is -2.42. The van der Waals surface area contributed by atoms with Crippen molar-refractivity contribution >= 4 is 0 Å². The van der Waals surface area contributed by atoms with Crippen molar-refractivity contribution in [1.29, 1.82) is 0 Å². The smallest absolute Gasteiger partial charge is 0.0861 e. The zero-order valence-electron chi connectivity index (χ0n) is 6.42. The maximum atomic E-state index is 11.5. The van der Waals surface area contributed by atoms with Crippen molar-refractivity contribution in [3.63, 3.8) is 0 Å². The first kappa shape index (κ1) is 7.03. The summed E-state index contributed by atoms with van der Waals surface area (Å²) >= 11 is 0. The molecule has 0 aromatic carbocycles. The molecule has 1 rings (SSSR count). The summed E-state index contributed by atoms with van der Waals surface area (Å²) in [5.41, 5.74) is 0. The van der Waals surface area contributed by atoms with Crippen molar-refractivity contribution in [3.8, 4) is 0 Å². The van der Waals surface area contributed by atoms with E-state index in [4.69, 9.17) is 0 Å². The molecule has 0 aromatic rings. The van der Waals surface area contributed by atoms with E-state index >= 15 is 0 Å². The Hall–Kier alpha value is -0.0800. The Labute approximate surface area is 56.6 Å². The van der Waals surface area contributed by atoms with Gasteiger partial charge in [0.05, 0.1) is 19.1 Å². The molecular formula is C7H15NO. The highest BCUT2D eigenvalue weighted by Crippen LogP contribution is 2.28. The van der Waals surface area contributed by atoms with Crippen LogP contribution in [-0.4, -0.2) is 23.8 Å². The standard InChI is InChI=1S/C7H15NO/c1-6-4-5-7(2)8(6,3)9/h6-7H,4-5H2,1-3H3/t6-,7+,8?. The van der Waals surface area contributed by atoms with E-state index in [1.54, 1.807) is 7.05 Å². The van der Waals surface area contributed by atoms with E-state index in [9.17, 15) is 5.21 Å². The van der Waals surface area contributed by atoms with Crippen LogP contribution in [0.4, 0.5) is 0 Å². The fourth-order valence-corrected chi connectivity index (χ4v) is 1.43. The van der Waals surface area contributed by atoms with Gasteiger partial charge in [-0.15, -0.1) is 0 Å². The number of hydrogen-bond donors (Lipinski definition) is 0. The highest BCUT2D eigenvalue weighted by molar-refractivity contribution is 4.68. The van der Waals surface area contributed by atoms with Gasteiger partial charge < -0.3 is 9.85 Å². The van der Waals surface area contributed by atoms with Gasteiger partial charge in [-0.25, -0.2) is 0 Å². The number of hydrogen-bond acceptors (Lipinski definition) is 1. The minimum atomic E-state index is -0.0278. The second-order valence-electron chi connectivity index (χ2n) is 3.33. The molecule has 1 unspecified atom stereocenters. The Bertz CT molecular complexity index is 99.5. The number of quaternary nitrogens is 1. The zero-order chi connectivity index (χ0) is 7.07. The zero-order valence-corrected chi connectivity index (χ0v) is 6.42. The summed E-state index contributed by atoms with van der Waals surface area (Å²) in [5.74, 6) is 0. The summed E-state index contributed by atoms with van der Waals surface area (Å²) in [6, 6.07) is 0.639. The molecule has 0 saturated carbocycles. The largest absolute Gasteiger partial charge is 0.633 e. The molecule has 1 fully saturated rings. The van der Waals surface area contributed by atoms with Crippen molar-refractivity contribution in [2.45, 2.75) is 38.8 Å². The van der Waals surface area contributed by atoms with E-state index in [2.05, 4.69) is 0 Å². The Kier molecular flexibility index (Phi) is 1.53. The van der Waals surface area contributed by atoms with Crippen LogP contribution >= 0.6 is 0 Å². The van der Waals surface area contributed by atoms with Crippen molar-refractivity contribution in [2.24, 2.45) is 0 Å². The summed E-state index contributed by atoms with van der Waals surface area (Å²) in [7, 11) is 1.78. The first-order valence-electron chi connectivity index (χ1n) is 3.62. The molecular weight excluding hydrogens is 114 g/mol. The highest BCUT2D eigenvalue weighted by atomic mass is 16.5. The average Bonchev–Trinajstić information content (AvgIpc) is 1.96. The van der Waals surface area contributed by atoms with Crippen molar-refractivity contribution in [3.05, 3.63) is 5.21 Å². The average molecular weight is 129 g/mol. The molecule has 2 heteroatoms. The van der Waals surface area contributed by atoms with Crippen LogP contribution in [0.5, 0.6) is 0 Å². The Morgan fingerprint density at radius 1 is 1.22 bits per heavy atom.